The largest absolute Gasteiger partial charge is 0.393 e. The summed E-state index contributed by atoms with van der Waals surface area (Å²) >= 11 is 0. The van der Waals surface area contributed by atoms with Crippen molar-refractivity contribution in [2.45, 2.75) is 121 Å². The maximum atomic E-state index is 12.0. The molecular weight excluding hydrogens is 416 g/mol. The van der Waals surface area contributed by atoms with E-state index in [9.17, 15) is 15.3 Å². The van der Waals surface area contributed by atoms with E-state index in [2.05, 4.69) is 13.8 Å². The Kier molecular flexibility index (Phi) is 5.56. The molecule has 11 atom stereocenters. The number of ether oxygens (including phenoxy) is 2. The molecule has 6 fully saturated rings. The van der Waals surface area contributed by atoms with Crippen molar-refractivity contribution in [3.8, 4) is 0 Å². The highest BCUT2D eigenvalue weighted by Crippen LogP contribution is 2.77. The summed E-state index contributed by atoms with van der Waals surface area (Å²) in [7, 11) is 0. The summed E-state index contributed by atoms with van der Waals surface area (Å²) in [5.74, 6) is 2.68. The van der Waals surface area contributed by atoms with Crippen molar-refractivity contribution in [2.24, 2.45) is 40.4 Å². The molecule has 6 aliphatic rings. The molecule has 5 heteroatoms. The standard InChI is InChI=1S/C28H46O5/c1-25-12-8-21-24(19-16-22(19)28(31)17-18(29)7-11-26(21,28)2)20(25)9-13-27(25,30)10-5-15-33-23-6-3-4-14-32-23/h18-24,29-31H,3-17H2,1-2H3/t18?,19-,20?,21?,22+,23?,24?,25-,26+,27-,28?/m0/s1. The minimum Gasteiger partial charge on any atom is -0.393 e. The lowest BCUT2D eigenvalue weighted by atomic mass is 9.43. The van der Waals surface area contributed by atoms with Crippen molar-refractivity contribution in [1.82, 2.24) is 0 Å². The Balaban J connectivity index is 1.16. The first-order valence-corrected chi connectivity index (χ1v) is 14.1. The second-order valence-corrected chi connectivity index (χ2v) is 13.3. The molecule has 0 aromatic rings. The number of hydrogen-bond donors (Lipinski definition) is 3. The second-order valence-electron chi connectivity index (χ2n) is 13.3. The van der Waals surface area contributed by atoms with Crippen molar-refractivity contribution >= 4 is 0 Å². The van der Waals surface area contributed by atoms with E-state index in [-0.39, 0.29) is 23.2 Å². The van der Waals surface area contributed by atoms with Gasteiger partial charge in [-0.05, 0) is 117 Å². The predicted molar refractivity (Wildman–Crippen MR) is 125 cm³/mol. The first-order chi connectivity index (χ1) is 15.7. The fourth-order valence-electron chi connectivity index (χ4n) is 10.1. The van der Waals surface area contributed by atoms with E-state index in [1.807, 2.05) is 0 Å². The van der Waals surface area contributed by atoms with Crippen molar-refractivity contribution in [1.29, 1.82) is 0 Å². The third-order valence-corrected chi connectivity index (χ3v) is 12.1. The van der Waals surface area contributed by atoms with Crippen molar-refractivity contribution in [3.63, 3.8) is 0 Å². The van der Waals surface area contributed by atoms with Gasteiger partial charge in [0.1, 0.15) is 0 Å². The molecule has 0 radical (unpaired) electrons. The second kappa shape index (κ2) is 7.90. The first kappa shape index (κ1) is 23.2. The Hall–Kier alpha value is -0.200. The van der Waals surface area contributed by atoms with Crippen LogP contribution in [0.5, 0.6) is 0 Å². The summed E-state index contributed by atoms with van der Waals surface area (Å²) in [6.45, 7) is 6.22. The van der Waals surface area contributed by atoms with Crippen LogP contribution in [0.25, 0.3) is 0 Å². The minimum absolute atomic E-state index is 0.0252. The smallest absolute Gasteiger partial charge is 0.157 e. The van der Waals surface area contributed by atoms with Gasteiger partial charge in [0.25, 0.3) is 0 Å². The van der Waals surface area contributed by atoms with Crippen LogP contribution in [-0.2, 0) is 9.47 Å². The molecule has 6 unspecified atom stereocenters. The zero-order valence-corrected chi connectivity index (χ0v) is 20.8. The molecule has 3 N–H and O–H groups in total. The van der Waals surface area contributed by atoms with E-state index >= 15 is 0 Å². The van der Waals surface area contributed by atoms with Gasteiger partial charge in [-0.2, -0.15) is 0 Å². The highest BCUT2D eigenvalue weighted by molar-refractivity contribution is 5.24. The maximum absolute atomic E-state index is 12.0. The molecule has 0 spiro atoms. The van der Waals surface area contributed by atoms with Gasteiger partial charge in [-0.15, -0.1) is 0 Å². The SMILES string of the molecule is C[C@]12CCC3C(C1CC[C@@]2(O)CCCOC1CCCCO1)[C@H]1C[C@H]1C1(O)CC(O)CC[C@]31C. The first-order valence-electron chi connectivity index (χ1n) is 14.1. The van der Waals surface area contributed by atoms with Gasteiger partial charge in [0.05, 0.1) is 17.3 Å². The third kappa shape index (κ3) is 3.28. The Labute approximate surface area is 199 Å². The molecule has 5 aliphatic carbocycles. The normalized spacial score (nSPS) is 57.5. The van der Waals surface area contributed by atoms with Gasteiger partial charge < -0.3 is 24.8 Å². The lowest BCUT2D eigenvalue weighted by Crippen LogP contribution is -2.65. The van der Waals surface area contributed by atoms with E-state index in [0.717, 1.165) is 77.2 Å². The summed E-state index contributed by atoms with van der Waals surface area (Å²) in [5.41, 5.74) is -1.38. The van der Waals surface area contributed by atoms with Crippen LogP contribution in [0.2, 0.25) is 0 Å². The van der Waals surface area contributed by atoms with Crippen LogP contribution < -0.4 is 0 Å². The maximum Gasteiger partial charge on any atom is 0.157 e. The highest BCUT2D eigenvalue weighted by atomic mass is 16.7. The average molecular weight is 463 g/mol. The molecule has 1 saturated heterocycles. The van der Waals surface area contributed by atoms with Crippen LogP contribution in [0.4, 0.5) is 0 Å². The monoisotopic (exact) mass is 462 g/mol. The van der Waals surface area contributed by atoms with Crippen LogP contribution in [0.1, 0.15) is 97.3 Å². The molecule has 1 aliphatic heterocycles. The molecule has 5 nitrogen and oxygen atoms in total. The summed E-state index contributed by atoms with van der Waals surface area (Å²) in [6.07, 6.45) is 12.4. The lowest BCUT2D eigenvalue weighted by molar-refractivity contribution is -0.233. The predicted octanol–water partition coefficient (Wildman–Crippen LogP) is 4.42. The summed E-state index contributed by atoms with van der Waals surface area (Å²) in [6, 6.07) is 0. The number of fused-ring (bicyclic) bond motifs is 8. The van der Waals surface area contributed by atoms with Crippen LogP contribution >= 0.6 is 0 Å². The van der Waals surface area contributed by atoms with Crippen LogP contribution in [0.15, 0.2) is 0 Å². The van der Waals surface area contributed by atoms with E-state index in [0.29, 0.717) is 42.6 Å². The molecule has 0 aromatic heterocycles. The van der Waals surface area contributed by atoms with Crippen LogP contribution in [-0.4, -0.2) is 52.1 Å². The van der Waals surface area contributed by atoms with Crippen LogP contribution in [0, 0.1) is 40.4 Å². The van der Waals surface area contributed by atoms with Gasteiger partial charge in [-0.3, -0.25) is 0 Å². The minimum atomic E-state index is -0.683. The highest BCUT2D eigenvalue weighted by Gasteiger charge is 2.75. The molecule has 0 aromatic carbocycles. The van der Waals surface area contributed by atoms with E-state index < -0.39 is 11.2 Å². The molecular formula is C28H46O5. The average Bonchev–Trinajstić information content (AvgIpc) is 3.55. The van der Waals surface area contributed by atoms with Crippen molar-refractivity contribution in [3.05, 3.63) is 0 Å². The van der Waals surface area contributed by atoms with Gasteiger partial charge in [0.15, 0.2) is 6.29 Å². The molecule has 6 rings (SSSR count). The van der Waals surface area contributed by atoms with Crippen LogP contribution in [0.3, 0.4) is 0 Å². The van der Waals surface area contributed by atoms with Gasteiger partial charge >= 0.3 is 0 Å². The number of aliphatic hydroxyl groups excluding tert-OH is 1. The lowest BCUT2D eigenvalue weighted by Gasteiger charge is -2.64. The van der Waals surface area contributed by atoms with Gasteiger partial charge in [0, 0.05) is 19.6 Å². The third-order valence-electron chi connectivity index (χ3n) is 12.1. The summed E-state index contributed by atoms with van der Waals surface area (Å²) < 4.78 is 11.7. The zero-order valence-electron chi connectivity index (χ0n) is 20.8. The number of rotatable bonds is 5. The van der Waals surface area contributed by atoms with E-state index in [4.69, 9.17) is 9.47 Å². The van der Waals surface area contributed by atoms with Gasteiger partial charge in [-0.25, -0.2) is 0 Å². The number of aliphatic hydroxyl groups is 3. The Morgan fingerprint density at radius 1 is 0.909 bits per heavy atom. The molecule has 33 heavy (non-hydrogen) atoms. The molecule has 0 amide bonds. The fraction of sp³-hybridized carbons (Fsp3) is 1.00. The van der Waals surface area contributed by atoms with E-state index in [1.54, 1.807) is 0 Å². The van der Waals surface area contributed by atoms with E-state index in [1.165, 1.54) is 6.42 Å². The summed E-state index contributed by atoms with van der Waals surface area (Å²) in [4.78, 5) is 0. The molecule has 1 heterocycles. The van der Waals surface area contributed by atoms with Gasteiger partial charge in [-0.1, -0.05) is 13.8 Å². The Bertz CT molecular complexity index is 753. The van der Waals surface area contributed by atoms with Crippen molar-refractivity contribution < 1.29 is 24.8 Å². The summed E-state index contributed by atoms with van der Waals surface area (Å²) in [5, 5.41) is 34.3. The molecule has 0 bridgehead atoms. The van der Waals surface area contributed by atoms with Crippen molar-refractivity contribution in [2.75, 3.05) is 13.2 Å². The van der Waals surface area contributed by atoms with Gasteiger partial charge in [0.2, 0.25) is 0 Å². The Morgan fingerprint density at radius 2 is 1.67 bits per heavy atom. The zero-order chi connectivity index (χ0) is 23.1. The number of hydrogen-bond acceptors (Lipinski definition) is 5. The fourth-order valence-corrected chi connectivity index (χ4v) is 10.1. The Morgan fingerprint density at radius 3 is 2.45 bits per heavy atom. The molecule has 5 saturated carbocycles. The molecule has 188 valence electrons. The quantitative estimate of drug-likeness (QED) is 0.527. The topological polar surface area (TPSA) is 79.2 Å².